The molecule has 16 heavy (non-hydrogen) atoms. The third kappa shape index (κ3) is 3.34. The van der Waals surface area contributed by atoms with Crippen LogP contribution in [0.15, 0.2) is 24.3 Å². The number of halogens is 1. The highest BCUT2D eigenvalue weighted by atomic mass is 79.9. The largest absolute Gasteiger partial charge is 0.465 e. The standard InChI is InChI=1S/C11H12BrNO3/c1-7(12)10(14)13-9-5-3-4-8(6-9)11(15)16-2/h3-7H,1-2H3,(H,13,14). The van der Waals surface area contributed by atoms with E-state index in [1.165, 1.54) is 7.11 Å². The van der Waals surface area contributed by atoms with Crippen LogP contribution in [0.2, 0.25) is 0 Å². The van der Waals surface area contributed by atoms with E-state index in [4.69, 9.17) is 0 Å². The van der Waals surface area contributed by atoms with Crippen molar-refractivity contribution in [3.8, 4) is 0 Å². The normalized spacial score (nSPS) is 11.7. The monoisotopic (exact) mass is 285 g/mol. The molecule has 4 nitrogen and oxygen atoms in total. The summed E-state index contributed by atoms with van der Waals surface area (Å²) in [7, 11) is 1.31. The molecule has 0 saturated carbocycles. The number of carbonyl (C=O) groups excluding carboxylic acids is 2. The van der Waals surface area contributed by atoms with Crippen molar-refractivity contribution < 1.29 is 14.3 Å². The molecule has 0 fully saturated rings. The van der Waals surface area contributed by atoms with Gasteiger partial charge in [-0.15, -0.1) is 0 Å². The number of esters is 1. The van der Waals surface area contributed by atoms with E-state index in [-0.39, 0.29) is 10.7 Å². The average molecular weight is 286 g/mol. The fourth-order valence-electron chi connectivity index (χ4n) is 1.08. The lowest BCUT2D eigenvalue weighted by atomic mass is 10.2. The van der Waals surface area contributed by atoms with E-state index in [9.17, 15) is 9.59 Å². The minimum Gasteiger partial charge on any atom is -0.465 e. The lowest BCUT2D eigenvalue weighted by Gasteiger charge is -2.07. The zero-order chi connectivity index (χ0) is 12.1. The first-order valence-electron chi connectivity index (χ1n) is 4.68. The van der Waals surface area contributed by atoms with Gasteiger partial charge in [-0.2, -0.15) is 0 Å². The molecule has 5 heteroatoms. The zero-order valence-electron chi connectivity index (χ0n) is 8.99. The summed E-state index contributed by atoms with van der Waals surface area (Å²) in [5.41, 5.74) is 0.974. The number of nitrogens with one attached hydrogen (secondary N) is 1. The Morgan fingerprint density at radius 2 is 2.12 bits per heavy atom. The lowest BCUT2D eigenvalue weighted by Crippen LogP contribution is -2.20. The van der Waals surface area contributed by atoms with Crippen LogP contribution in [-0.4, -0.2) is 23.8 Å². The van der Waals surface area contributed by atoms with Gasteiger partial charge in [-0.25, -0.2) is 4.79 Å². The molecule has 0 aliphatic carbocycles. The molecule has 0 heterocycles. The molecule has 0 bridgehead atoms. The highest BCUT2D eigenvalue weighted by molar-refractivity contribution is 9.10. The second kappa shape index (κ2) is 5.65. The predicted octanol–water partition coefficient (Wildman–Crippen LogP) is 2.20. The van der Waals surface area contributed by atoms with Gasteiger partial charge in [0, 0.05) is 5.69 Å². The summed E-state index contributed by atoms with van der Waals surface area (Å²) in [6.07, 6.45) is 0. The molecule has 1 atom stereocenters. The zero-order valence-corrected chi connectivity index (χ0v) is 10.6. The van der Waals surface area contributed by atoms with Crippen LogP contribution in [0.4, 0.5) is 5.69 Å². The summed E-state index contributed by atoms with van der Waals surface area (Å²) < 4.78 is 4.58. The number of amides is 1. The van der Waals surface area contributed by atoms with Gasteiger partial charge < -0.3 is 10.1 Å². The maximum Gasteiger partial charge on any atom is 0.337 e. The second-order valence-electron chi connectivity index (χ2n) is 3.18. The van der Waals surface area contributed by atoms with Crippen LogP contribution >= 0.6 is 15.9 Å². The van der Waals surface area contributed by atoms with Gasteiger partial charge in [-0.05, 0) is 25.1 Å². The topological polar surface area (TPSA) is 55.4 Å². The molecule has 1 N–H and O–H groups in total. The van der Waals surface area contributed by atoms with E-state index in [1.54, 1.807) is 31.2 Å². The number of carbonyl (C=O) groups is 2. The van der Waals surface area contributed by atoms with Crippen LogP contribution in [0.1, 0.15) is 17.3 Å². The van der Waals surface area contributed by atoms with E-state index < -0.39 is 5.97 Å². The molecule has 1 rings (SSSR count). The summed E-state index contributed by atoms with van der Waals surface area (Å²) in [6, 6.07) is 6.58. The van der Waals surface area contributed by atoms with Crippen LogP contribution in [0, 0.1) is 0 Å². The molecule has 1 aromatic rings. The smallest absolute Gasteiger partial charge is 0.337 e. The fourth-order valence-corrected chi connectivity index (χ4v) is 1.20. The highest BCUT2D eigenvalue weighted by Gasteiger charge is 2.10. The Labute approximate surface area is 102 Å². The van der Waals surface area contributed by atoms with Crippen molar-refractivity contribution in [3.63, 3.8) is 0 Å². The van der Waals surface area contributed by atoms with Gasteiger partial charge in [0.1, 0.15) is 0 Å². The van der Waals surface area contributed by atoms with Gasteiger partial charge in [0.2, 0.25) is 5.91 Å². The van der Waals surface area contributed by atoms with Crippen LogP contribution < -0.4 is 5.32 Å². The van der Waals surface area contributed by atoms with Crippen molar-refractivity contribution in [2.24, 2.45) is 0 Å². The third-order valence-corrected chi connectivity index (χ3v) is 2.33. The van der Waals surface area contributed by atoms with Gasteiger partial charge in [-0.1, -0.05) is 22.0 Å². The first-order valence-corrected chi connectivity index (χ1v) is 5.59. The number of anilines is 1. The molecule has 1 amide bonds. The van der Waals surface area contributed by atoms with Gasteiger partial charge in [-0.3, -0.25) is 4.79 Å². The molecule has 0 spiro atoms. The molecule has 1 aromatic carbocycles. The van der Waals surface area contributed by atoms with E-state index in [1.807, 2.05) is 0 Å². The minimum absolute atomic E-state index is 0.165. The second-order valence-corrected chi connectivity index (χ2v) is 4.55. The first kappa shape index (κ1) is 12.7. The summed E-state index contributed by atoms with van der Waals surface area (Å²) in [5.74, 6) is -0.593. The third-order valence-electron chi connectivity index (χ3n) is 1.91. The van der Waals surface area contributed by atoms with Crippen molar-refractivity contribution in [2.45, 2.75) is 11.8 Å². The van der Waals surface area contributed by atoms with Crippen LogP contribution in [0.5, 0.6) is 0 Å². The number of hydrogen-bond donors (Lipinski definition) is 1. The van der Waals surface area contributed by atoms with Crippen LogP contribution in [0.25, 0.3) is 0 Å². The number of ether oxygens (including phenoxy) is 1. The Morgan fingerprint density at radius 1 is 1.44 bits per heavy atom. The van der Waals surface area contributed by atoms with Crippen molar-refractivity contribution in [2.75, 3.05) is 12.4 Å². The molecule has 0 radical (unpaired) electrons. The maximum atomic E-state index is 11.4. The van der Waals surface area contributed by atoms with Crippen molar-refractivity contribution >= 4 is 33.5 Å². The van der Waals surface area contributed by atoms with Crippen LogP contribution in [-0.2, 0) is 9.53 Å². The number of hydrogen-bond acceptors (Lipinski definition) is 3. The van der Waals surface area contributed by atoms with Crippen molar-refractivity contribution in [3.05, 3.63) is 29.8 Å². The number of benzene rings is 1. The summed E-state index contributed by atoms with van der Waals surface area (Å²) in [4.78, 5) is 22.3. The first-order chi connectivity index (χ1) is 7.54. The van der Waals surface area contributed by atoms with E-state index in [0.29, 0.717) is 11.3 Å². The molecular formula is C11H12BrNO3. The molecule has 0 aliphatic heterocycles. The SMILES string of the molecule is COC(=O)c1cccc(NC(=O)C(C)Br)c1. The van der Waals surface area contributed by atoms with Crippen molar-refractivity contribution in [1.29, 1.82) is 0 Å². The minimum atomic E-state index is -0.428. The summed E-state index contributed by atoms with van der Waals surface area (Å²) >= 11 is 3.15. The Bertz CT molecular complexity index is 404. The van der Waals surface area contributed by atoms with Gasteiger partial charge in [0.25, 0.3) is 0 Å². The van der Waals surface area contributed by atoms with Gasteiger partial charge in [0.05, 0.1) is 17.5 Å². The molecular weight excluding hydrogens is 274 g/mol. The maximum absolute atomic E-state index is 11.4. The average Bonchev–Trinajstić information content (AvgIpc) is 2.28. The number of methoxy groups -OCH3 is 1. The lowest BCUT2D eigenvalue weighted by molar-refractivity contribution is -0.115. The van der Waals surface area contributed by atoms with Gasteiger partial charge >= 0.3 is 5.97 Å². The van der Waals surface area contributed by atoms with E-state index in [2.05, 4.69) is 26.0 Å². The Hall–Kier alpha value is -1.36. The Balaban J connectivity index is 2.83. The van der Waals surface area contributed by atoms with E-state index >= 15 is 0 Å². The summed E-state index contributed by atoms with van der Waals surface area (Å²) in [6.45, 7) is 1.72. The van der Waals surface area contributed by atoms with Crippen LogP contribution in [0.3, 0.4) is 0 Å². The molecule has 0 aromatic heterocycles. The van der Waals surface area contributed by atoms with E-state index in [0.717, 1.165) is 0 Å². The Morgan fingerprint density at radius 3 is 2.69 bits per heavy atom. The molecule has 86 valence electrons. The molecule has 1 unspecified atom stereocenters. The summed E-state index contributed by atoms with van der Waals surface area (Å²) in [5, 5.41) is 2.67. The predicted molar refractivity (Wildman–Crippen MR) is 64.8 cm³/mol. The quantitative estimate of drug-likeness (QED) is 0.684. The molecule has 0 aliphatic rings. The van der Waals surface area contributed by atoms with Crippen molar-refractivity contribution in [1.82, 2.24) is 0 Å². The number of rotatable bonds is 3. The molecule has 0 saturated heterocycles. The highest BCUT2D eigenvalue weighted by Crippen LogP contribution is 2.12. The fraction of sp³-hybridized carbons (Fsp3) is 0.273. The van der Waals surface area contributed by atoms with Gasteiger partial charge in [0.15, 0.2) is 0 Å². The Kier molecular flexibility index (Phi) is 4.49. The number of alkyl halides is 1.